The number of rotatable bonds is 8. The van der Waals surface area contributed by atoms with Crippen molar-refractivity contribution in [2.75, 3.05) is 26.9 Å². The minimum atomic E-state index is -0.0909. The first-order chi connectivity index (χ1) is 7.83. The van der Waals surface area contributed by atoms with Gasteiger partial charge in [0.05, 0.1) is 19.8 Å². The minimum absolute atomic E-state index is 0.0909. The van der Waals surface area contributed by atoms with Gasteiger partial charge in [0.1, 0.15) is 11.9 Å². The molecule has 6 heteroatoms. The molecule has 92 valence electrons. The van der Waals surface area contributed by atoms with Crippen LogP contribution in [-0.4, -0.2) is 36.5 Å². The number of nitrogens with one attached hydrogen (secondary N) is 1. The fourth-order valence-electron chi connectivity index (χ4n) is 1.44. The van der Waals surface area contributed by atoms with E-state index in [0.717, 1.165) is 12.4 Å². The maximum atomic E-state index is 5.49. The summed E-state index contributed by atoms with van der Waals surface area (Å²) in [6.45, 7) is 4.55. The van der Waals surface area contributed by atoms with Gasteiger partial charge in [-0.2, -0.15) is 0 Å². The fourth-order valence-corrected chi connectivity index (χ4v) is 1.44. The number of hydrogen-bond acceptors (Lipinski definition) is 5. The molecule has 0 saturated carbocycles. The van der Waals surface area contributed by atoms with E-state index >= 15 is 0 Å². The van der Waals surface area contributed by atoms with E-state index in [-0.39, 0.29) is 6.04 Å². The highest BCUT2D eigenvalue weighted by atomic mass is 16.5. The Balaban J connectivity index is 2.47. The topological polar surface area (TPSA) is 74.3 Å². The van der Waals surface area contributed by atoms with Gasteiger partial charge in [-0.25, -0.2) is 10.4 Å². The van der Waals surface area contributed by atoms with Crippen LogP contribution in [0, 0.1) is 0 Å². The zero-order valence-corrected chi connectivity index (χ0v) is 9.85. The largest absolute Gasteiger partial charge is 0.382 e. The van der Waals surface area contributed by atoms with Crippen molar-refractivity contribution in [3.63, 3.8) is 0 Å². The number of imidazole rings is 1. The summed E-state index contributed by atoms with van der Waals surface area (Å²) in [7, 11) is 1.64. The average Bonchev–Trinajstić information content (AvgIpc) is 2.77. The molecule has 1 unspecified atom stereocenters. The first-order valence-electron chi connectivity index (χ1n) is 5.37. The van der Waals surface area contributed by atoms with Crippen LogP contribution >= 0.6 is 0 Å². The van der Waals surface area contributed by atoms with Gasteiger partial charge in [0.2, 0.25) is 0 Å². The van der Waals surface area contributed by atoms with Crippen molar-refractivity contribution in [2.45, 2.75) is 19.5 Å². The predicted molar refractivity (Wildman–Crippen MR) is 60.7 cm³/mol. The molecule has 6 nitrogen and oxygen atoms in total. The van der Waals surface area contributed by atoms with E-state index in [0.29, 0.717) is 19.8 Å². The Hall–Kier alpha value is -0.950. The molecule has 16 heavy (non-hydrogen) atoms. The Kier molecular flexibility index (Phi) is 6.02. The summed E-state index contributed by atoms with van der Waals surface area (Å²) in [4.78, 5) is 4.27. The molecule has 0 amide bonds. The summed E-state index contributed by atoms with van der Waals surface area (Å²) in [5, 5.41) is 0. The second-order valence-electron chi connectivity index (χ2n) is 3.36. The zero-order valence-electron chi connectivity index (χ0n) is 9.85. The molecular weight excluding hydrogens is 208 g/mol. The number of aromatic nitrogens is 2. The lowest BCUT2D eigenvalue weighted by atomic mass is 10.3. The Bertz CT molecular complexity index is 290. The Morgan fingerprint density at radius 2 is 2.38 bits per heavy atom. The Morgan fingerprint density at radius 1 is 1.56 bits per heavy atom. The molecule has 1 atom stereocenters. The van der Waals surface area contributed by atoms with E-state index in [9.17, 15) is 0 Å². The molecule has 1 heterocycles. The fraction of sp³-hybridized carbons (Fsp3) is 0.700. The molecule has 0 aliphatic rings. The second-order valence-corrected chi connectivity index (χ2v) is 3.36. The van der Waals surface area contributed by atoms with Crippen LogP contribution in [0.15, 0.2) is 12.4 Å². The van der Waals surface area contributed by atoms with E-state index in [4.69, 9.17) is 15.3 Å². The van der Waals surface area contributed by atoms with Crippen molar-refractivity contribution in [3.05, 3.63) is 18.2 Å². The van der Waals surface area contributed by atoms with Crippen molar-refractivity contribution in [1.29, 1.82) is 0 Å². The van der Waals surface area contributed by atoms with Crippen molar-refractivity contribution in [1.82, 2.24) is 15.0 Å². The monoisotopic (exact) mass is 228 g/mol. The van der Waals surface area contributed by atoms with Crippen LogP contribution in [0.1, 0.15) is 18.8 Å². The van der Waals surface area contributed by atoms with E-state index in [1.165, 1.54) is 0 Å². The van der Waals surface area contributed by atoms with Crippen LogP contribution in [-0.2, 0) is 16.0 Å². The lowest BCUT2D eigenvalue weighted by Crippen LogP contribution is -2.33. The number of aryl methyl sites for hydroxylation is 1. The third kappa shape index (κ3) is 3.57. The van der Waals surface area contributed by atoms with Gasteiger partial charge in [-0.1, -0.05) is 0 Å². The van der Waals surface area contributed by atoms with E-state index in [1.807, 2.05) is 10.8 Å². The van der Waals surface area contributed by atoms with Crippen LogP contribution in [0.5, 0.6) is 0 Å². The van der Waals surface area contributed by atoms with Crippen LogP contribution in [0.4, 0.5) is 0 Å². The second kappa shape index (κ2) is 7.34. The van der Waals surface area contributed by atoms with E-state index in [1.54, 1.807) is 13.3 Å². The molecule has 0 spiro atoms. The lowest BCUT2D eigenvalue weighted by Gasteiger charge is -2.16. The first kappa shape index (κ1) is 13.1. The SMILES string of the molecule is CCn1ccnc1C(COCCOC)NN. The van der Waals surface area contributed by atoms with Crippen molar-refractivity contribution < 1.29 is 9.47 Å². The summed E-state index contributed by atoms with van der Waals surface area (Å²) in [5.74, 6) is 6.38. The number of methoxy groups -OCH3 is 1. The van der Waals surface area contributed by atoms with Gasteiger partial charge in [-0.3, -0.25) is 5.84 Å². The van der Waals surface area contributed by atoms with Gasteiger partial charge in [-0.15, -0.1) is 0 Å². The predicted octanol–water partition coefficient (Wildman–Crippen LogP) is 0.0704. The molecule has 3 N–H and O–H groups in total. The summed E-state index contributed by atoms with van der Waals surface area (Å²) >= 11 is 0. The molecular formula is C10H20N4O2. The molecule has 1 rings (SSSR count). The summed E-state index contributed by atoms with van der Waals surface area (Å²) in [6.07, 6.45) is 3.69. The third-order valence-electron chi connectivity index (χ3n) is 2.32. The summed E-state index contributed by atoms with van der Waals surface area (Å²) in [6, 6.07) is -0.0909. The zero-order chi connectivity index (χ0) is 11.8. The number of ether oxygens (including phenoxy) is 2. The summed E-state index contributed by atoms with van der Waals surface area (Å²) in [5.41, 5.74) is 2.71. The number of nitrogens with two attached hydrogens (primary N) is 1. The van der Waals surface area contributed by atoms with Gasteiger partial charge in [-0.05, 0) is 6.92 Å². The van der Waals surface area contributed by atoms with Crippen molar-refractivity contribution in [3.8, 4) is 0 Å². The number of hydrazine groups is 1. The molecule has 0 radical (unpaired) electrons. The molecule has 0 fully saturated rings. The molecule has 0 aliphatic heterocycles. The smallest absolute Gasteiger partial charge is 0.129 e. The molecule has 0 bridgehead atoms. The van der Waals surface area contributed by atoms with Gasteiger partial charge in [0.25, 0.3) is 0 Å². The highest BCUT2D eigenvalue weighted by molar-refractivity contribution is 4.98. The van der Waals surface area contributed by atoms with Crippen LogP contribution in [0.25, 0.3) is 0 Å². The maximum absolute atomic E-state index is 5.49. The van der Waals surface area contributed by atoms with Gasteiger partial charge < -0.3 is 14.0 Å². The Labute approximate surface area is 95.7 Å². The molecule has 1 aromatic heterocycles. The molecule has 1 aromatic rings. The quantitative estimate of drug-likeness (QED) is 0.374. The van der Waals surface area contributed by atoms with E-state index in [2.05, 4.69) is 17.3 Å². The normalized spacial score (nSPS) is 12.9. The standard InChI is InChI=1S/C10H20N4O2/c1-3-14-5-4-12-10(14)9(13-11)8-16-7-6-15-2/h4-5,9,13H,3,6-8,11H2,1-2H3. The van der Waals surface area contributed by atoms with Gasteiger partial charge in [0.15, 0.2) is 0 Å². The van der Waals surface area contributed by atoms with Crippen molar-refractivity contribution in [2.24, 2.45) is 5.84 Å². The van der Waals surface area contributed by atoms with Crippen molar-refractivity contribution >= 4 is 0 Å². The number of nitrogens with zero attached hydrogens (tertiary/aromatic N) is 2. The highest BCUT2D eigenvalue weighted by Gasteiger charge is 2.14. The average molecular weight is 228 g/mol. The first-order valence-corrected chi connectivity index (χ1v) is 5.37. The van der Waals surface area contributed by atoms with E-state index < -0.39 is 0 Å². The maximum Gasteiger partial charge on any atom is 0.129 e. The number of hydrogen-bond donors (Lipinski definition) is 2. The molecule has 0 saturated heterocycles. The van der Waals surface area contributed by atoms with Crippen LogP contribution in [0.2, 0.25) is 0 Å². The highest BCUT2D eigenvalue weighted by Crippen LogP contribution is 2.10. The Morgan fingerprint density at radius 3 is 3.00 bits per heavy atom. The van der Waals surface area contributed by atoms with Gasteiger partial charge >= 0.3 is 0 Å². The minimum Gasteiger partial charge on any atom is -0.382 e. The lowest BCUT2D eigenvalue weighted by molar-refractivity contribution is 0.0569. The molecule has 0 aliphatic carbocycles. The molecule has 0 aromatic carbocycles. The van der Waals surface area contributed by atoms with Crippen LogP contribution < -0.4 is 11.3 Å². The third-order valence-corrected chi connectivity index (χ3v) is 2.32. The summed E-state index contributed by atoms with van der Waals surface area (Å²) < 4.78 is 12.4. The van der Waals surface area contributed by atoms with Gasteiger partial charge in [0, 0.05) is 26.0 Å². The van der Waals surface area contributed by atoms with Crippen LogP contribution in [0.3, 0.4) is 0 Å².